The van der Waals surface area contributed by atoms with E-state index in [0.29, 0.717) is 25.1 Å². The van der Waals surface area contributed by atoms with Crippen LogP contribution < -0.4 is 10.6 Å². The molecular weight excluding hydrogens is 280 g/mol. The number of benzene rings is 1. The number of nitrogens with one attached hydrogen (secondary N) is 2. The molecule has 2 aromatic rings. The number of amides is 2. The number of carbonyl (C=O) groups excluding carboxylic acids is 2. The van der Waals surface area contributed by atoms with Crippen LogP contribution in [0.25, 0.3) is 11.0 Å². The van der Waals surface area contributed by atoms with Crippen molar-refractivity contribution >= 4 is 22.8 Å². The van der Waals surface area contributed by atoms with E-state index in [1.807, 2.05) is 19.1 Å². The highest BCUT2D eigenvalue weighted by Crippen LogP contribution is 2.28. The Balaban J connectivity index is 1.70. The average Bonchev–Trinajstić information content (AvgIpc) is 3.29. The number of rotatable bonds is 6. The second-order valence-electron chi connectivity index (χ2n) is 5.65. The fraction of sp³-hybridized carbons (Fsp3) is 0.412. The van der Waals surface area contributed by atoms with Crippen molar-refractivity contribution in [2.24, 2.45) is 5.92 Å². The maximum atomic E-state index is 11.9. The molecule has 0 radical (unpaired) electrons. The van der Waals surface area contributed by atoms with E-state index in [-0.39, 0.29) is 17.7 Å². The predicted octanol–water partition coefficient (Wildman–Crippen LogP) is 2.25. The Labute approximate surface area is 129 Å². The van der Waals surface area contributed by atoms with Crippen molar-refractivity contribution in [1.82, 2.24) is 10.6 Å². The average molecular weight is 300 g/mol. The fourth-order valence-corrected chi connectivity index (χ4v) is 2.49. The molecule has 22 heavy (non-hydrogen) atoms. The molecular formula is C17H20N2O3. The molecule has 116 valence electrons. The van der Waals surface area contributed by atoms with Crippen LogP contribution in [-0.2, 0) is 11.2 Å². The second-order valence-corrected chi connectivity index (χ2v) is 5.65. The molecule has 1 aromatic carbocycles. The maximum Gasteiger partial charge on any atom is 0.251 e. The van der Waals surface area contributed by atoms with E-state index in [2.05, 4.69) is 10.6 Å². The Kier molecular flexibility index (Phi) is 4.13. The van der Waals surface area contributed by atoms with Gasteiger partial charge in [-0.25, -0.2) is 0 Å². The lowest BCUT2D eigenvalue weighted by Crippen LogP contribution is -2.26. The van der Waals surface area contributed by atoms with Gasteiger partial charge in [0.25, 0.3) is 5.91 Å². The molecule has 0 bridgehead atoms. The van der Waals surface area contributed by atoms with E-state index in [0.717, 1.165) is 29.4 Å². The van der Waals surface area contributed by atoms with Crippen LogP contribution in [0, 0.1) is 5.92 Å². The molecule has 1 heterocycles. The van der Waals surface area contributed by atoms with Crippen molar-refractivity contribution in [2.75, 3.05) is 13.1 Å². The quantitative estimate of drug-likeness (QED) is 0.859. The standard InChI is InChI=1S/C17H20N2O3/c1-2-18-17(21)12-5-6-15-14(9-12)13(10-22-15)7-8-19-16(20)11-3-4-11/h5-6,9-11H,2-4,7-8H2,1H3,(H,18,21)(H,19,20). The molecule has 3 rings (SSSR count). The largest absolute Gasteiger partial charge is 0.464 e. The van der Waals surface area contributed by atoms with E-state index < -0.39 is 0 Å². The SMILES string of the molecule is CCNC(=O)c1ccc2occ(CCNC(=O)C3CC3)c2c1. The molecule has 5 nitrogen and oxygen atoms in total. The van der Waals surface area contributed by atoms with Gasteiger partial charge >= 0.3 is 0 Å². The third-order valence-corrected chi connectivity index (χ3v) is 3.89. The minimum atomic E-state index is -0.0846. The highest BCUT2D eigenvalue weighted by Gasteiger charge is 2.29. The third kappa shape index (κ3) is 3.13. The van der Waals surface area contributed by atoms with Gasteiger partial charge in [0.15, 0.2) is 0 Å². The van der Waals surface area contributed by atoms with Crippen molar-refractivity contribution in [3.63, 3.8) is 0 Å². The summed E-state index contributed by atoms with van der Waals surface area (Å²) in [5.74, 6) is 0.292. The van der Waals surface area contributed by atoms with E-state index in [1.165, 1.54) is 0 Å². The number of carbonyl (C=O) groups is 2. The molecule has 0 saturated heterocycles. The minimum absolute atomic E-state index is 0.0846. The molecule has 0 atom stereocenters. The molecule has 1 aliphatic rings. The Morgan fingerprint density at radius 2 is 2.09 bits per heavy atom. The normalized spacial score (nSPS) is 14.0. The molecule has 0 spiro atoms. The molecule has 1 aromatic heterocycles. The van der Waals surface area contributed by atoms with Crippen molar-refractivity contribution in [3.8, 4) is 0 Å². The molecule has 2 N–H and O–H groups in total. The Hall–Kier alpha value is -2.30. The first kappa shape index (κ1) is 14.6. The topological polar surface area (TPSA) is 71.3 Å². The first-order valence-corrected chi connectivity index (χ1v) is 7.75. The van der Waals surface area contributed by atoms with Crippen LogP contribution in [0.3, 0.4) is 0 Å². The summed E-state index contributed by atoms with van der Waals surface area (Å²) in [7, 11) is 0. The maximum absolute atomic E-state index is 11.9. The summed E-state index contributed by atoms with van der Waals surface area (Å²) >= 11 is 0. The van der Waals surface area contributed by atoms with Gasteiger partial charge in [0.1, 0.15) is 5.58 Å². The van der Waals surface area contributed by atoms with Crippen LogP contribution in [0.1, 0.15) is 35.7 Å². The fourth-order valence-electron chi connectivity index (χ4n) is 2.49. The molecule has 1 fully saturated rings. The van der Waals surface area contributed by atoms with Gasteiger partial charge < -0.3 is 15.1 Å². The molecule has 0 aliphatic heterocycles. The summed E-state index contributed by atoms with van der Waals surface area (Å²) < 4.78 is 5.52. The van der Waals surface area contributed by atoms with Crippen molar-refractivity contribution in [1.29, 1.82) is 0 Å². The van der Waals surface area contributed by atoms with Gasteiger partial charge in [-0.15, -0.1) is 0 Å². The second kappa shape index (κ2) is 6.22. The summed E-state index contributed by atoms with van der Waals surface area (Å²) in [4.78, 5) is 23.5. The van der Waals surface area contributed by atoms with Crippen LogP contribution in [-0.4, -0.2) is 24.9 Å². The van der Waals surface area contributed by atoms with E-state index in [1.54, 1.807) is 12.3 Å². The molecule has 0 unspecified atom stereocenters. The van der Waals surface area contributed by atoms with E-state index in [9.17, 15) is 9.59 Å². The van der Waals surface area contributed by atoms with Crippen molar-refractivity contribution in [3.05, 3.63) is 35.6 Å². The van der Waals surface area contributed by atoms with Gasteiger partial charge in [-0.05, 0) is 49.9 Å². The summed E-state index contributed by atoms with van der Waals surface area (Å²) in [6.07, 6.45) is 4.42. The summed E-state index contributed by atoms with van der Waals surface area (Å²) in [6, 6.07) is 5.42. The summed E-state index contributed by atoms with van der Waals surface area (Å²) in [5.41, 5.74) is 2.40. The highest BCUT2D eigenvalue weighted by atomic mass is 16.3. The van der Waals surface area contributed by atoms with Crippen LogP contribution in [0.15, 0.2) is 28.9 Å². The lowest BCUT2D eigenvalue weighted by molar-refractivity contribution is -0.122. The minimum Gasteiger partial charge on any atom is -0.464 e. The number of fused-ring (bicyclic) bond motifs is 1. The van der Waals surface area contributed by atoms with Crippen LogP contribution in [0.5, 0.6) is 0 Å². The van der Waals surface area contributed by atoms with Gasteiger partial charge in [-0.3, -0.25) is 9.59 Å². The van der Waals surface area contributed by atoms with Crippen molar-refractivity contribution < 1.29 is 14.0 Å². The molecule has 5 heteroatoms. The zero-order chi connectivity index (χ0) is 15.5. The van der Waals surface area contributed by atoms with Gasteiger partial charge in [0, 0.05) is 30.0 Å². The summed E-state index contributed by atoms with van der Waals surface area (Å²) in [6.45, 7) is 3.08. The monoisotopic (exact) mass is 300 g/mol. The Morgan fingerprint density at radius 1 is 1.27 bits per heavy atom. The van der Waals surface area contributed by atoms with Crippen LogP contribution in [0.4, 0.5) is 0 Å². The number of hydrogen-bond donors (Lipinski definition) is 2. The van der Waals surface area contributed by atoms with Gasteiger partial charge in [-0.1, -0.05) is 0 Å². The summed E-state index contributed by atoms with van der Waals surface area (Å²) in [5, 5.41) is 6.67. The smallest absolute Gasteiger partial charge is 0.251 e. The first-order chi connectivity index (χ1) is 10.7. The zero-order valence-corrected chi connectivity index (χ0v) is 12.6. The lowest BCUT2D eigenvalue weighted by Gasteiger charge is -2.04. The van der Waals surface area contributed by atoms with E-state index >= 15 is 0 Å². The third-order valence-electron chi connectivity index (χ3n) is 3.89. The Morgan fingerprint density at radius 3 is 2.82 bits per heavy atom. The highest BCUT2D eigenvalue weighted by molar-refractivity contribution is 5.98. The molecule has 1 saturated carbocycles. The Bertz CT molecular complexity index is 701. The van der Waals surface area contributed by atoms with Crippen LogP contribution in [0.2, 0.25) is 0 Å². The molecule has 1 aliphatic carbocycles. The zero-order valence-electron chi connectivity index (χ0n) is 12.6. The van der Waals surface area contributed by atoms with Gasteiger partial charge in [0.2, 0.25) is 5.91 Å². The number of furan rings is 1. The van der Waals surface area contributed by atoms with Gasteiger partial charge in [-0.2, -0.15) is 0 Å². The van der Waals surface area contributed by atoms with Gasteiger partial charge in [0.05, 0.1) is 6.26 Å². The van der Waals surface area contributed by atoms with Crippen molar-refractivity contribution in [2.45, 2.75) is 26.2 Å². The molecule has 2 amide bonds. The lowest BCUT2D eigenvalue weighted by atomic mass is 10.1. The predicted molar refractivity (Wildman–Crippen MR) is 83.7 cm³/mol. The number of hydrogen-bond acceptors (Lipinski definition) is 3. The van der Waals surface area contributed by atoms with Crippen LogP contribution >= 0.6 is 0 Å². The first-order valence-electron chi connectivity index (χ1n) is 7.75. The van der Waals surface area contributed by atoms with E-state index in [4.69, 9.17) is 4.42 Å².